The third kappa shape index (κ3) is 2.38. The summed E-state index contributed by atoms with van der Waals surface area (Å²) in [6.45, 7) is 4.89. The second-order valence-electron chi connectivity index (χ2n) is 4.56. The second kappa shape index (κ2) is 4.94. The third-order valence-corrected chi connectivity index (χ3v) is 4.26. The van der Waals surface area contributed by atoms with Crippen LogP contribution in [0.3, 0.4) is 0 Å². The van der Waals surface area contributed by atoms with Crippen molar-refractivity contribution in [2.45, 2.75) is 26.3 Å². The summed E-state index contributed by atoms with van der Waals surface area (Å²) in [7, 11) is 0. The highest BCUT2D eigenvalue weighted by atomic mass is 35.5. The molecular formula is C14H14ClN3S. The molecule has 0 bridgehead atoms. The van der Waals surface area contributed by atoms with Gasteiger partial charge in [0.05, 0.1) is 12.4 Å². The van der Waals surface area contributed by atoms with E-state index in [1.807, 2.05) is 19.1 Å². The smallest absolute Gasteiger partial charge is 0.160 e. The molecule has 0 radical (unpaired) electrons. The van der Waals surface area contributed by atoms with Crippen LogP contribution in [0.15, 0.2) is 24.3 Å². The quantitative estimate of drug-likeness (QED) is 0.685. The molecular weight excluding hydrogens is 278 g/mol. The van der Waals surface area contributed by atoms with Crippen LogP contribution in [0.25, 0.3) is 11.2 Å². The number of pyridine rings is 1. The number of rotatable bonds is 3. The number of aryl methyl sites for hydroxylation is 2. The Morgan fingerprint density at radius 1 is 1.16 bits per heavy atom. The molecule has 5 heteroatoms. The minimum Gasteiger partial charge on any atom is -0.306 e. The van der Waals surface area contributed by atoms with Crippen molar-refractivity contribution in [3.8, 4) is 0 Å². The highest BCUT2D eigenvalue weighted by Gasteiger charge is 2.12. The summed E-state index contributed by atoms with van der Waals surface area (Å²) < 4.78 is 2.11. The van der Waals surface area contributed by atoms with Gasteiger partial charge in [0.15, 0.2) is 5.65 Å². The Labute approximate surface area is 120 Å². The van der Waals surface area contributed by atoms with Crippen molar-refractivity contribution in [3.63, 3.8) is 0 Å². The van der Waals surface area contributed by atoms with Gasteiger partial charge in [0.1, 0.15) is 11.3 Å². The van der Waals surface area contributed by atoms with Crippen LogP contribution < -0.4 is 0 Å². The molecule has 0 aliphatic heterocycles. The third-order valence-electron chi connectivity index (χ3n) is 3.04. The van der Waals surface area contributed by atoms with Crippen LogP contribution in [0.1, 0.15) is 21.3 Å². The van der Waals surface area contributed by atoms with Crippen LogP contribution in [0.2, 0.25) is 0 Å². The van der Waals surface area contributed by atoms with Gasteiger partial charge in [-0.3, -0.25) is 0 Å². The lowest BCUT2D eigenvalue weighted by Crippen LogP contribution is -2.03. The maximum absolute atomic E-state index is 6.01. The number of fused-ring (bicyclic) bond motifs is 1. The van der Waals surface area contributed by atoms with Crippen LogP contribution in [-0.2, 0) is 12.4 Å². The van der Waals surface area contributed by atoms with Gasteiger partial charge < -0.3 is 4.57 Å². The molecule has 0 saturated carbocycles. The summed E-state index contributed by atoms with van der Waals surface area (Å²) in [5.74, 6) is 1.28. The van der Waals surface area contributed by atoms with E-state index in [0.29, 0.717) is 5.88 Å². The molecule has 0 unspecified atom stereocenters. The molecule has 3 aromatic heterocycles. The van der Waals surface area contributed by atoms with Crippen LogP contribution in [-0.4, -0.2) is 14.5 Å². The van der Waals surface area contributed by atoms with Crippen molar-refractivity contribution < 1.29 is 0 Å². The van der Waals surface area contributed by atoms with E-state index in [4.69, 9.17) is 11.6 Å². The highest BCUT2D eigenvalue weighted by molar-refractivity contribution is 7.11. The molecule has 0 spiro atoms. The standard InChI is InChI=1S/C14H14ClN3S/c1-9-3-6-12-14(16-9)18(13(7-15)17-12)8-11-5-4-10(2)19-11/h3-6H,7-8H2,1-2H3. The normalized spacial score (nSPS) is 11.3. The van der Waals surface area contributed by atoms with Gasteiger partial charge in [0.2, 0.25) is 0 Å². The Hall–Kier alpha value is -1.39. The lowest BCUT2D eigenvalue weighted by atomic mass is 10.3. The van der Waals surface area contributed by atoms with Crippen LogP contribution >= 0.6 is 22.9 Å². The minimum atomic E-state index is 0.403. The highest BCUT2D eigenvalue weighted by Crippen LogP contribution is 2.21. The lowest BCUT2D eigenvalue weighted by Gasteiger charge is -2.05. The van der Waals surface area contributed by atoms with Gasteiger partial charge >= 0.3 is 0 Å². The number of halogens is 1. The SMILES string of the molecule is Cc1ccc2nc(CCl)n(Cc3ccc(C)s3)c2n1. The second-order valence-corrected chi connectivity index (χ2v) is 6.20. The van der Waals surface area contributed by atoms with Crippen molar-refractivity contribution >= 4 is 34.1 Å². The first-order valence-corrected chi connectivity index (χ1v) is 7.46. The molecule has 0 fully saturated rings. The van der Waals surface area contributed by atoms with Crippen molar-refractivity contribution in [3.05, 3.63) is 45.5 Å². The van der Waals surface area contributed by atoms with E-state index in [-0.39, 0.29) is 0 Å². The molecule has 3 rings (SSSR count). The number of nitrogens with zero attached hydrogens (tertiary/aromatic N) is 3. The van der Waals surface area contributed by atoms with Gasteiger partial charge in [-0.2, -0.15) is 0 Å². The first-order chi connectivity index (χ1) is 9.17. The number of imidazole rings is 1. The van der Waals surface area contributed by atoms with E-state index >= 15 is 0 Å². The number of thiophene rings is 1. The van der Waals surface area contributed by atoms with Crippen LogP contribution in [0.4, 0.5) is 0 Å². The van der Waals surface area contributed by atoms with E-state index in [0.717, 1.165) is 29.2 Å². The fraction of sp³-hybridized carbons (Fsp3) is 0.286. The fourth-order valence-electron chi connectivity index (χ4n) is 2.14. The molecule has 3 aromatic rings. The van der Waals surface area contributed by atoms with Crippen molar-refractivity contribution in [1.82, 2.24) is 14.5 Å². The zero-order valence-electron chi connectivity index (χ0n) is 10.9. The predicted octanol–water partition coefficient (Wildman–Crippen LogP) is 3.90. The summed E-state index contributed by atoms with van der Waals surface area (Å²) in [5.41, 5.74) is 2.83. The molecule has 0 atom stereocenters. The van der Waals surface area contributed by atoms with E-state index in [9.17, 15) is 0 Å². The topological polar surface area (TPSA) is 30.7 Å². The molecule has 19 heavy (non-hydrogen) atoms. The van der Waals surface area contributed by atoms with Crippen molar-refractivity contribution in [1.29, 1.82) is 0 Å². The first kappa shape index (κ1) is 12.6. The average Bonchev–Trinajstić information content (AvgIpc) is 2.94. The van der Waals surface area contributed by atoms with Crippen LogP contribution in [0, 0.1) is 13.8 Å². The maximum Gasteiger partial charge on any atom is 0.160 e. The maximum atomic E-state index is 6.01. The molecule has 0 saturated heterocycles. The average molecular weight is 292 g/mol. The number of aromatic nitrogens is 3. The number of hydrogen-bond donors (Lipinski definition) is 0. The minimum absolute atomic E-state index is 0.403. The zero-order valence-corrected chi connectivity index (χ0v) is 12.4. The molecule has 0 amide bonds. The Bertz CT molecular complexity index is 729. The number of hydrogen-bond acceptors (Lipinski definition) is 3. The zero-order chi connectivity index (χ0) is 13.4. The number of alkyl halides is 1. The molecule has 0 aliphatic rings. The Kier molecular flexibility index (Phi) is 3.29. The first-order valence-electron chi connectivity index (χ1n) is 6.11. The summed E-state index contributed by atoms with van der Waals surface area (Å²) >= 11 is 7.81. The van der Waals surface area contributed by atoms with Crippen molar-refractivity contribution in [2.24, 2.45) is 0 Å². The lowest BCUT2D eigenvalue weighted by molar-refractivity contribution is 0.779. The van der Waals surface area contributed by atoms with Crippen LogP contribution in [0.5, 0.6) is 0 Å². The summed E-state index contributed by atoms with van der Waals surface area (Å²) in [4.78, 5) is 11.8. The van der Waals surface area contributed by atoms with Gasteiger partial charge in [-0.15, -0.1) is 22.9 Å². The summed E-state index contributed by atoms with van der Waals surface area (Å²) in [5, 5.41) is 0. The molecule has 0 aliphatic carbocycles. The summed E-state index contributed by atoms with van der Waals surface area (Å²) in [6, 6.07) is 8.27. The van der Waals surface area contributed by atoms with E-state index in [1.165, 1.54) is 9.75 Å². The molecule has 0 N–H and O–H groups in total. The van der Waals surface area contributed by atoms with Gasteiger partial charge in [-0.05, 0) is 38.1 Å². The Morgan fingerprint density at radius 3 is 2.68 bits per heavy atom. The van der Waals surface area contributed by atoms with E-state index in [1.54, 1.807) is 11.3 Å². The molecule has 0 aromatic carbocycles. The van der Waals surface area contributed by atoms with Gasteiger partial charge in [-0.1, -0.05) is 0 Å². The molecule has 98 valence electrons. The molecule has 3 nitrogen and oxygen atoms in total. The Balaban J connectivity index is 2.12. The summed E-state index contributed by atoms with van der Waals surface area (Å²) in [6.07, 6.45) is 0. The van der Waals surface area contributed by atoms with Gasteiger partial charge in [0, 0.05) is 15.4 Å². The van der Waals surface area contributed by atoms with Gasteiger partial charge in [-0.25, -0.2) is 9.97 Å². The molecule has 3 heterocycles. The van der Waals surface area contributed by atoms with E-state index in [2.05, 4.69) is 33.6 Å². The predicted molar refractivity (Wildman–Crippen MR) is 80.0 cm³/mol. The fourth-order valence-corrected chi connectivity index (χ4v) is 3.22. The van der Waals surface area contributed by atoms with Gasteiger partial charge in [0.25, 0.3) is 0 Å². The largest absolute Gasteiger partial charge is 0.306 e. The van der Waals surface area contributed by atoms with E-state index < -0.39 is 0 Å². The van der Waals surface area contributed by atoms with Crippen molar-refractivity contribution in [2.75, 3.05) is 0 Å². The monoisotopic (exact) mass is 291 g/mol. The Morgan fingerprint density at radius 2 is 2.00 bits per heavy atom.